The van der Waals surface area contributed by atoms with Crippen LogP contribution in [0.15, 0.2) is 48.8 Å². The fourth-order valence-electron chi connectivity index (χ4n) is 1.78. The minimum absolute atomic E-state index is 0.00340. The van der Waals surface area contributed by atoms with Crippen molar-refractivity contribution in [1.82, 2.24) is 4.98 Å². The standard InChI is InChI=1S/C15H18N2O/c1-11(16)14-4-3-5-15(10-14)18-12(2)13-6-8-17-9-7-13/h3-12H,16H2,1-2H3. The molecule has 2 atom stereocenters. The lowest BCUT2D eigenvalue weighted by Gasteiger charge is -2.16. The Hall–Kier alpha value is -1.87. The Bertz CT molecular complexity index is 497. The molecule has 0 saturated heterocycles. The molecule has 2 rings (SSSR count). The maximum absolute atomic E-state index is 5.91. The smallest absolute Gasteiger partial charge is 0.121 e. The Morgan fingerprint density at radius 1 is 1.06 bits per heavy atom. The summed E-state index contributed by atoms with van der Waals surface area (Å²) in [5.41, 5.74) is 8.05. The zero-order valence-electron chi connectivity index (χ0n) is 10.7. The molecule has 0 spiro atoms. The van der Waals surface area contributed by atoms with Gasteiger partial charge in [0.05, 0.1) is 0 Å². The Morgan fingerprint density at radius 2 is 1.78 bits per heavy atom. The van der Waals surface area contributed by atoms with Gasteiger partial charge in [-0.15, -0.1) is 0 Å². The van der Waals surface area contributed by atoms with Crippen molar-refractivity contribution in [3.05, 3.63) is 59.9 Å². The summed E-state index contributed by atoms with van der Waals surface area (Å²) in [6.07, 6.45) is 3.54. The largest absolute Gasteiger partial charge is 0.486 e. The predicted octanol–water partition coefficient (Wildman–Crippen LogP) is 3.24. The summed E-state index contributed by atoms with van der Waals surface area (Å²) in [6, 6.07) is 11.8. The van der Waals surface area contributed by atoms with Crippen molar-refractivity contribution < 1.29 is 4.74 Å². The van der Waals surface area contributed by atoms with E-state index in [9.17, 15) is 0 Å². The van der Waals surface area contributed by atoms with Crippen molar-refractivity contribution in [2.45, 2.75) is 26.0 Å². The third-order valence-electron chi connectivity index (χ3n) is 2.87. The van der Waals surface area contributed by atoms with Crippen molar-refractivity contribution in [3.8, 4) is 5.75 Å². The molecule has 18 heavy (non-hydrogen) atoms. The molecular formula is C15H18N2O. The molecule has 0 bridgehead atoms. The van der Waals surface area contributed by atoms with Gasteiger partial charge in [-0.25, -0.2) is 0 Å². The molecule has 2 aromatic rings. The van der Waals surface area contributed by atoms with Crippen molar-refractivity contribution in [2.75, 3.05) is 0 Å². The summed E-state index contributed by atoms with van der Waals surface area (Å²) in [4.78, 5) is 4.00. The summed E-state index contributed by atoms with van der Waals surface area (Å²) < 4.78 is 5.91. The Labute approximate surface area is 108 Å². The van der Waals surface area contributed by atoms with Gasteiger partial charge >= 0.3 is 0 Å². The van der Waals surface area contributed by atoms with Crippen LogP contribution in [0.5, 0.6) is 5.75 Å². The van der Waals surface area contributed by atoms with Crippen LogP contribution in [0.25, 0.3) is 0 Å². The molecule has 2 N–H and O–H groups in total. The number of ether oxygens (including phenoxy) is 1. The molecule has 0 aliphatic rings. The second-order valence-electron chi connectivity index (χ2n) is 4.40. The number of hydrogen-bond acceptors (Lipinski definition) is 3. The summed E-state index contributed by atoms with van der Waals surface area (Å²) in [6.45, 7) is 3.99. The molecule has 0 saturated carbocycles. The average Bonchev–Trinajstić information content (AvgIpc) is 2.40. The topological polar surface area (TPSA) is 48.1 Å². The van der Waals surface area contributed by atoms with Crippen molar-refractivity contribution in [2.24, 2.45) is 5.73 Å². The molecule has 3 heteroatoms. The van der Waals surface area contributed by atoms with Gasteiger partial charge in [0.1, 0.15) is 11.9 Å². The molecule has 2 unspecified atom stereocenters. The number of nitrogens with zero attached hydrogens (tertiary/aromatic N) is 1. The van der Waals surface area contributed by atoms with Gasteiger partial charge in [-0.3, -0.25) is 4.98 Å². The minimum atomic E-state index is -0.00340. The number of rotatable bonds is 4. The molecule has 1 aromatic carbocycles. The lowest BCUT2D eigenvalue weighted by Crippen LogP contribution is -2.06. The first kappa shape index (κ1) is 12.6. The third kappa shape index (κ3) is 3.08. The SMILES string of the molecule is CC(N)c1cccc(OC(C)c2ccncc2)c1. The number of hydrogen-bond donors (Lipinski definition) is 1. The zero-order chi connectivity index (χ0) is 13.0. The van der Waals surface area contributed by atoms with E-state index in [1.165, 1.54) is 0 Å². The first-order valence-electron chi connectivity index (χ1n) is 6.09. The van der Waals surface area contributed by atoms with E-state index in [4.69, 9.17) is 10.5 Å². The molecule has 1 aromatic heterocycles. The average molecular weight is 242 g/mol. The third-order valence-corrected chi connectivity index (χ3v) is 2.87. The highest BCUT2D eigenvalue weighted by molar-refractivity contribution is 5.31. The van der Waals surface area contributed by atoms with Crippen LogP contribution in [-0.2, 0) is 0 Å². The first-order chi connectivity index (χ1) is 8.66. The van der Waals surface area contributed by atoms with Gasteiger partial charge in [-0.2, -0.15) is 0 Å². The van der Waals surface area contributed by atoms with Crippen molar-refractivity contribution in [3.63, 3.8) is 0 Å². The molecule has 94 valence electrons. The molecule has 0 aliphatic carbocycles. The van der Waals surface area contributed by atoms with Gasteiger partial charge in [0.15, 0.2) is 0 Å². The van der Waals surface area contributed by atoms with E-state index in [-0.39, 0.29) is 12.1 Å². The van der Waals surface area contributed by atoms with E-state index in [0.29, 0.717) is 0 Å². The van der Waals surface area contributed by atoms with E-state index >= 15 is 0 Å². The van der Waals surface area contributed by atoms with Gasteiger partial charge in [0, 0.05) is 18.4 Å². The van der Waals surface area contributed by atoms with Gasteiger partial charge < -0.3 is 10.5 Å². The van der Waals surface area contributed by atoms with Crippen LogP contribution in [0.1, 0.15) is 37.1 Å². The van der Waals surface area contributed by atoms with Gasteiger partial charge in [-0.05, 0) is 49.2 Å². The first-order valence-corrected chi connectivity index (χ1v) is 6.09. The lowest BCUT2D eigenvalue weighted by atomic mass is 10.1. The Kier molecular flexibility index (Phi) is 3.95. The highest BCUT2D eigenvalue weighted by atomic mass is 16.5. The molecule has 1 heterocycles. The van der Waals surface area contributed by atoms with Crippen LogP contribution in [0.2, 0.25) is 0 Å². The van der Waals surface area contributed by atoms with Crippen molar-refractivity contribution in [1.29, 1.82) is 0 Å². The maximum atomic E-state index is 5.91. The minimum Gasteiger partial charge on any atom is -0.486 e. The van der Waals surface area contributed by atoms with E-state index in [2.05, 4.69) is 4.98 Å². The van der Waals surface area contributed by atoms with Crippen molar-refractivity contribution >= 4 is 0 Å². The van der Waals surface area contributed by atoms with E-state index in [1.807, 2.05) is 50.2 Å². The number of aromatic nitrogens is 1. The van der Waals surface area contributed by atoms with Crippen LogP contribution in [-0.4, -0.2) is 4.98 Å². The lowest BCUT2D eigenvalue weighted by molar-refractivity contribution is 0.226. The second-order valence-corrected chi connectivity index (χ2v) is 4.40. The molecule has 3 nitrogen and oxygen atoms in total. The fraction of sp³-hybridized carbons (Fsp3) is 0.267. The number of benzene rings is 1. The maximum Gasteiger partial charge on any atom is 0.121 e. The van der Waals surface area contributed by atoms with Gasteiger partial charge in [0.2, 0.25) is 0 Å². The number of pyridine rings is 1. The predicted molar refractivity (Wildman–Crippen MR) is 72.3 cm³/mol. The van der Waals surface area contributed by atoms with Gasteiger partial charge in [0.25, 0.3) is 0 Å². The van der Waals surface area contributed by atoms with Crippen LogP contribution in [0, 0.1) is 0 Å². The molecular weight excluding hydrogens is 224 g/mol. The van der Waals surface area contributed by atoms with E-state index in [0.717, 1.165) is 16.9 Å². The summed E-state index contributed by atoms with van der Waals surface area (Å²) >= 11 is 0. The zero-order valence-corrected chi connectivity index (χ0v) is 10.7. The van der Waals surface area contributed by atoms with E-state index in [1.54, 1.807) is 12.4 Å². The molecule has 0 amide bonds. The molecule has 0 radical (unpaired) electrons. The summed E-state index contributed by atoms with van der Waals surface area (Å²) in [5, 5.41) is 0. The highest BCUT2D eigenvalue weighted by Gasteiger charge is 2.08. The summed E-state index contributed by atoms with van der Waals surface area (Å²) in [5.74, 6) is 0.842. The summed E-state index contributed by atoms with van der Waals surface area (Å²) in [7, 11) is 0. The molecule has 0 fully saturated rings. The number of nitrogens with two attached hydrogens (primary N) is 1. The van der Waals surface area contributed by atoms with E-state index < -0.39 is 0 Å². The fourth-order valence-corrected chi connectivity index (χ4v) is 1.78. The Balaban J connectivity index is 2.12. The highest BCUT2D eigenvalue weighted by Crippen LogP contribution is 2.23. The van der Waals surface area contributed by atoms with Gasteiger partial charge in [-0.1, -0.05) is 12.1 Å². The van der Waals surface area contributed by atoms with Crippen LogP contribution in [0.4, 0.5) is 0 Å². The monoisotopic (exact) mass is 242 g/mol. The molecule has 0 aliphatic heterocycles. The van der Waals surface area contributed by atoms with Crippen LogP contribution in [0.3, 0.4) is 0 Å². The second kappa shape index (κ2) is 5.65. The Morgan fingerprint density at radius 3 is 2.44 bits per heavy atom. The quantitative estimate of drug-likeness (QED) is 0.895. The normalized spacial score (nSPS) is 13.9. The van der Waals surface area contributed by atoms with Crippen LogP contribution < -0.4 is 10.5 Å². The van der Waals surface area contributed by atoms with Crippen LogP contribution >= 0.6 is 0 Å².